The summed E-state index contributed by atoms with van der Waals surface area (Å²) in [6.07, 6.45) is 15.9. The molecule has 1 aliphatic rings. The van der Waals surface area contributed by atoms with E-state index in [-0.39, 0.29) is 0 Å². The molecule has 0 saturated heterocycles. The highest BCUT2D eigenvalue weighted by molar-refractivity contribution is 5.90. The summed E-state index contributed by atoms with van der Waals surface area (Å²) in [6.45, 7) is 2.26. The summed E-state index contributed by atoms with van der Waals surface area (Å²) in [5.74, 6) is 0.532. The van der Waals surface area contributed by atoms with Gasteiger partial charge in [-0.3, -0.25) is 0 Å². The molecule has 0 spiro atoms. The van der Waals surface area contributed by atoms with Crippen LogP contribution in [0, 0.1) is 5.92 Å². The van der Waals surface area contributed by atoms with Crippen molar-refractivity contribution in [3.8, 4) is 0 Å². The van der Waals surface area contributed by atoms with E-state index in [2.05, 4.69) is 12.1 Å². The average Bonchev–Trinajstić information content (AvgIpc) is 2.81. The van der Waals surface area contributed by atoms with Crippen molar-refractivity contribution >= 4 is 5.71 Å². The van der Waals surface area contributed by atoms with Crippen molar-refractivity contribution in [1.82, 2.24) is 0 Å². The van der Waals surface area contributed by atoms with Crippen LogP contribution in [0.1, 0.15) is 90.4 Å². The van der Waals surface area contributed by atoms with Crippen LogP contribution in [0.5, 0.6) is 0 Å². The van der Waals surface area contributed by atoms with E-state index in [9.17, 15) is 5.11 Å². The van der Waals surface area contributed by atoms with Crippen LogP contribution in [-0.4, -0.2) is 22.1 Å². The summed E-state index contributed by atoms with van der Waals surface area (Å²) in [5.41, 5.74) is 0.585. The van der Waals surface area contributed by atoms with Crippen LogP contribution in [0.25, 0.3) is 0 Å². The van der Waals surface area contributed by atoms with Crippen LogP contribution in [0.3, 0.4) is 0 Å². The molecule has 118 valence electrons. The first-order valence-electron chi connectivity index (χ1n) is 8.66. The Morgan fingerprint density at radius 2 is 1.50 bits per heavy atom. The fourth-order valence-corrected chi connectivity index (χ4v) is 3.21. The Labute approximate surface area is 124 Å². The second-order valence-corrected chi connectivity index (χ2v) is 6.38. The Kier molecular flexibility index (Phi) is 9.73. The molecule has 0 aromatic rings. The van der Waals surface area contributed by atoms with Crippen LogP contribution in [0.4, 0.5) is 0 Å². The lowest BCUT2D eigenvalue weighted by Crippen LogP contribution is -2.11. The predicted molar refractivity (Wildman–Crippen MR) is 84.4 cm³/mol. The average molecular weight is 283 g/mol. The number of aliphatic hydroxyl groups excluding tert-OH is 1. The zero-order valence-corrected chi connectivity index (χ0v) is 13.2. The number of rotatable bonds is 11. The molecule has 2 atom stereocenters. The zero-order chi connectivity index (χ0) is 14.6. The molecule has 1 saturated carbocycles. The van der Waals surface area contributed by atoms with E-state index in [0.29, 0.717) is 11.6 Å². The van der Waals surface area contributed by atoms with Crippen molar-refractivity contribution in [1.29, 1.82) is 0 Å². The quantitative estimate of drug-likeness (QED) is 0.322. The second-order valence-electron chi connectivity index (χ2n) is 6.38. The number of oxime groups is 1. The van der Waals surface area contributed by atoms with E-state index in [4.69, 9.17) is 5.21 Å². The predicted octanol–water partition coefficient (Wildman–Crippen LogP) is 4.90. The summed E-state index contributed by atoms with van der Waals surface area (Å²) < 4.78 is 0. The first-order chi connectivity index (χ1) is 9.77. The Morgan fingerprint density at radius 3 is 2.00 bits per heavy atom. The molecule has 0 radical (unpaired) electrons. The minimum atomic E-state index is -0.492. The fraction of sp³-hybridized carbons (Fsp3) is 0.941. The molecule has 1 aliphatic carbocycles. The highest BCUT2D eigenvalue weighted by Crippen LogP contribution is 2.28. The minimum Gasteiger partial charge on any atom is -0.411 e. The molecular formula is C17H33NO2. The van der Waals surface area contributed by atoms with Gasteiger partial charge >= 0.3 is 0 Å². The van der Waals surface area contributed by atoms with Gasteiger partial charge in [0.05, 0.1) is 11.8 Å². The van der Waals surface area contributed by atoms with Crippen molar-refractivity contribution < 1.29 is 10.3 Å². The Balaban J connectivity index is 1.86. The lowest BCUT2D eigenvalue weighted by atomic mass is 9.98. The highest BCUT2D eigenvalue weighted by Gasteiger charge is 2.28. The van der Waals surface area contributed by atoms with E-state index >= 15 is 0 Å². The molecular weight excluding hydrogens is 250 g/mol. The van der Waals surface area contributed by atoms with E-state index in [1.54, 1.807) is 0 Å². The van der Waals surface area contributed by atoms with Gasteiger partial charge in [-0.25, -0.2) is 0 Å². The number of unbranched alkanes of at least 4 members (excludes halogenated alkanes) is 9. The highest BCUT2D eigenvalue weighted by atomic mass is 16.4. The molecule has 1 fully saturated rings. The summed E-state index contributed by atoms with van der Waals surface area (Å²) in [7, 11) is 0. The van der Waals surface area contributed by atoms with Gasteiger partial charge in [0.15, 0.2) is 0 Å². The molecule has 2 N–H and O–H groups in total. The largest absolute Gasteiger partial charge is 0.411 e. The molecule has 0 heterocycles. The van der Waals surface area contributed by atoms with Gasteiger partial charge < -0.3 is 10.3 Å². The van der Waals surface area contributed by atoms with E-state index in [0.717, 1.165) is 12.8 Å². The molecule has 20 heavy (non-hydrogen) atoms. The summed E-state index contributed by atoms with van der Waals surface area (Å²) in [4.78, 5) is 0. The van der Waals surface area contributed by atoms with Gasteiger partial charge in [0.2, 0.25) is 0 Å². The van der Waals surface area contributed by atoms with Crippen LogP contribution in [-0.2, 0) is 0 Å². The maximum atomic E-state index is 9.63. The van der Waals surface area contributed by atoms with Crippen LogP contribution >= 0.6 is 0 Å². The standard InChI is InChI=1S/C17H33NO2/c1-2-3-4-5-6-7-8-9-10-11-12-15-13-16(18-20)17(19)14-15/h15,17,19-20H,2-14H2,1H3. The number of nitrogens with zero attached hydrogens (tertiary/aromatic N) is 1. The number of hydrogen-bond acceptors (Lipinski definition) is 3. The SMILES string of the molecule is CCCCCCCCCCCCC1CC(=NO)C(O)C1. The third-order valence-corrected chi connectivity index (χ3v) is 4.53. The van der Waals surface area contributed by atoms with Gasteiger partial charge in [-0.1, -0.05) is 76.3 Å². The first kappa shape index (κ1) is 17.5. The normalized spacial score (nSPS) is 24.6. The van der Waals surface area contributed by atoms with Crippen LogP contribution in [0.15, 0.2) is 5.16 Å². The summed E-state index contributed by atoms with van der Waals surface area (Å²) in [5, 5.41) is 21.5. The van der Waals surface area contributed by atoms with Crippen molar-refractivity contribution in [3.05, 3.63) is 0 Å². The van der Waals surface area contributed by atoms with Crippen LogP contribution < -0.4 is 0 Å². The number of aliphatic hydroxyl groups is 1. The maximum absolute atomic E-state index is 9.63. The lowest BCUT2D eigenvalue weighted by Gasteiger charge is -2.07. The van der Waals surface area contributed by atoms with Gasteiger partial charge in [0.25, 0.3) is 0 Å². The van der Waals surface area contributed by atoms with Gasteiger partial charge in [-0.2, -0.15) is 0 Å². The van der Waals surface area contributed by atoms with Crippen molar-refractivity contribution in [2.24, 2.45) is 11.1 Å². The first-order valence-corrected chi connectivity index (χ1v) is 8.66. The number of hydrogen-bond donors (Lipinski definition) is 2. The molecule has 0 aliphatic heterocycles. The zero-order valence-electron chi connectivity index (χ0n) is 13.2. The summed E-state index contributed by atoms with van der Waals surface area (Å²) in [6, 6.07) is 0. The Bertz CT molecular complexity index is 266. The molecule has 1 rings (SSSR count). The Hall–Kier alpha value is -0.570. The van der Waals surface area contributed by atoms with Crippen LogP contribution in [0.2, 0.25) is 0 Å². The second kappa shape index (κ2) is 11.1. The third-order valence-electron chi connectivity index (χ3n) is 4.53. The van der Waals surface area contributed by atoms with Gasteiger partial charge in [0, 0.05) is 0 Å². The van der Waals surface area contributed by atoms with Crippen molar-refractivity contribution in [2.45, 2.75) is 96.5 Å². The Morgan fingerprint density at radius 1 is 0.950 bits per heavy atom. The van der Waals surface area contributed by atoms with E-state index in [1.807, 2.05) is 0 Å². The van der Waals surface area contributed by atoms with E-state index < -0.39 is 6.10 Å². The van der Waals surface area contributed by atoms with Gasteiger partial charge in [0.1, 0.15) is 0 Å². The molecule has 3 nitrogen and oxygen atoms in total. The van der Waals surface area contributed by atoms with E-state index in [1.165, 1.54) is 70.6 Å². The van der Waals surface area contributed by atoms with Gasteiger partial charge in [-0.15, -0.1) is 0 Å². The molecule has 0 amide bonds. The smallest absolute Gasteiger partial charge is 0.0957 e. The topological polar surface area (TPSA) is 52.8 Å². The lowest BCUT2D eigenvalue weighted by molar-refractivity contribution is 0.218. The maximum Gasteiger partial charge on any atom is 0.0957 e. The minimum absolute atomic E-state index is 0.492. The molecule has 2 unspecified atom stereocenters. The fourth-order valence-electron chi connectivity index (χ4n) is 3.21. The van der Waals surface area contributed by atoms with Crippen molar-refractivity contribution in [3.63, 3.8) is 0 Å². The van der Waals surface area contributed by atoms with Crippen molar-refractivity contribution in [2.75, 3.05) is 0 Å². The van der Waals surface area contributed by atoms with Gasteiger partial charge in [-0.05, 0) is 25.2 Å². The third kappa shape index (κ3) is 7.28. The summed E-state index contributed by atoms with van der Waals surface area (Å²) >= 11 is 0. The molecule has 0 bridgehead atoms. The molecule has 0 aromatic carbocycles. The monoisotopic (exact) mass is 283 g/mol. The molecule has 3 heteroatoms. The molecule has 0 aromatic heterocycles.